The summed E-state index contributed by atoms with van der Waals surface area (Å²) in [5.74, 6) is 0.603. The minimum Gasteiger partial charge on any atom is -0.491 e. The first-order valence-corrected chi connectivity index (χ1v) is 11.7. The van der Waals surface area contributed by atoms with E-state index in [0.29, 0.717) is 12.2 Å². The van der Waals surface area contributed by atoms with Gasteiger partial charge in [0.1, 0.15) is 24.3 Å². The molecule has 0 amide bonds. The summed E-state index contributed by atoms with van der Waals surface area (Å²) in [4.78, 5) is 4.28. The molecule has 1 atom stereocenters. The molecule has 0 saturated carbocycles. The Bertz CT molecular complexity index is 853. The summed E-state index contributed by atoms with van der Waals surface area (Å²) in [7, 11) is 0. The summed E-state index contributed by atoms with van der Waals surface area (Å²) in [5, 5.41) is 10.5. The molecule has 1 saturated heterocycles. The van der Waals surface area contributed by atoms with E-state index < -0.39 is 6.10 Å². The summed E-state index contributed by atoms with van der Waals surface area (Å²) in [6.07, 6.45) is 0.537. The zero-order valence-corrected chi connectivity index (χ0v) is 20.3. The lowest BCUT2D eigenvalue weighted by molar-refractivity contribution is 0.0662. The molecule has 0 radical (unpaired) electrons. The highest BCUT2D eigenvalue weighted by Crippen LogP contribution is 2.36. The molecule has 2 aromatic carbocycles. The van der Waals surface area contributed by atoms with Crippen LogP contribution in [-0.4, -0.2) is 55.4 Å². The number of hydrogen-bond donors (Lipinski definition) is 1. The van der Waals surface area contributed by atoms with Crippen LogP contribution < -0.4 is 9.64 Å². The molecule has 0 aliphatic carbocycles. The quantitative estimate of drug-likeness (QED) is 0.617. The van der Waals surface area contributed by atoms with Crippen molar-refractivity contribution in [3.8, 4) is 5.75 Å². The highest BCUT2D eigenvalue weighted by molar-refractivity contribution is 5.48. The second-order valence-electron chi connectivity index (χ2n) is 10.8. The van der Waals surface area contributed by atoms with Gasteiger partial charge in [0.15, 0.2) is 0 Å². The Morgan fingerprint density at radius 2 is 1.56 bits per heavy atom. The Hall–Kier alpha value is -2.11. The number of para-hydroxylation sites is 1. The van der Waals surface area contributed by atoms with Gasteiger partial charge in [0, 0.05) is 32.7 Å². The molecular formula is C27H39FN2O2. The first kappa shape index (κ1) is 24.5. The van der Waals surface area contributed by atoms with Crippen LogP contribution in [0.15, 0.2) is 48.5 Å². The van der Waals surface area contributed by atoms with Crippen molar-refractivity contribution < 1.29 is 14.2 Å². The molecule has 0 bridgehead atoms. The van der Waals surface area contributed by atoms with Gasteiger partial charge in [-0.3, -0.25) is 4.90 Å². The molecule has 0 unspecified atom stereocenters. The lowest BCUT2D eigenvalue weighted by Crippen LogP contribution is -2.49. The SMILES string of the molecule is CC(C)(C)CC(C)(C)c1ccc(OC[C@H](O)CN2CCN(c3ccccc3F)CC2)cc1. The van der Waals surface area contributed by atoms with Gasteiger partial charge in [-0.05, 0) is 47.1 Å². The smallest absolute Gasteiger partial charge is 0.146 e. The molecule has 2 aromatic rings. The maximum Gasteiger partial charge on any atom is 0.146 e. The molecule has 0 aromatic heterocycles. The lowest BCUT2D eigenvalue weighted by atomic mass is 9.72. The lowest BCUT2D eigenvalue weighted by Gasteiger charge is -2.37. The molecule has 1 aliphatic heterocycles. The number of anilines is 1. The predicted molar refractivity (Wildman–Crippen MR) is 130 cm³/mol. The second-order valence-corrected chi connectivity index (χ2v) is 10.8. The van der Waals surface area contributed by atoms with Crippen molar-refractivity contribution in [2.75, 3.05) is 44.2 Å². The molecule has 0 spiro atoms. The number of piperazine rings is 1. The van der Waals surface area contributed by atoms with Gasteiger partial charge in [0.2, 0.25) is 0 Å². The maximum atomic E-state index is 14.0. The molecule has 32 heavy (non-hydrogen) atoms. The van der Waals surface area contributed by atoms with Crippen LogP contribution in [-0.2, 0) is 5.41 Å². The van der Waals surface area contributed by atoms with Crippen LogP contribution in [0.1, 0.15) is 46.6 Å². The van der Waals surface area contributed by atoms with E-state index in [1.165, 1.54) is 11.6 Å². The number of nitrogens with zero attached hydrogens (tertiary/aromatic N) is 2. The average molecular weight is 443 g/mol. The van der Waals surface area contributed by atoms with Gasteiger partial charge in [0.25, 0.3) is 0 Å². The maximum absolute atomic E-state index is 14.0. The first-order chi connectivity index (χ1) is 15.0. The molecule has 5 heteroatoms. The van der Waals surface area contributed by atoms with Crippen LogP contribution >= 0.6 is 0 Å². The Morgan fingerprint density at radius 3 is 2.16 bits per heavy atom. The zero-order chi connectivity index (χ0) is 23.4. The van der Waals surface area contributed by atoms with Crippen molar-refractivity contribution in [1.82, 2.24) is 4.90 Å². The number of benzene rings is 2. The third kappa shape index (κ3) is 6.94. The van der Waals surface area contributed by atoms with E-state index in [1.54, 1.807) is 6.07 Å². The Kier molecular flexibility index (Phi) is 7.84. The van der Waals surface area contributed by atoms with Gasteiger partial charge in [-0.1, -0.05) is 58.9 Å². The molecule has 1 heterocycles. The number of aliphatic hydroxyl groups excluding tert-OH is 1. The number of halogens is 1. The predicted octanol–water partition coefficient (Wildman–Crippen LogP) is 5.10. The largest absolute Gasteiger partial charge is 0.491 e. The summed E-state index contributed by atoms with van der Waals surface area (Å²) in [5.41, 5.74) is 2.32. The first-order valence-electron chi connectivity index (χ1n) is 11.7. The Labute approximate surface area is 193 Å². The molecule has 1 fully saturated rings. The van der Waals surface area contributed by atoms with Crippen molar-refractivity contribution in [3.05, 3.63) is 59.9 Å². The average Bonchev–Trinajstić information content (AvgIpc) is 2.72. The normalized spacial score (nSPS) is 16.8. The van der Waals surface area contributed by atoms with Crippen LogP contribution in [0.4, 0.5) is 10.1 Å². The third-order valence-electron chi connectivity index (χ3n) is 6.08. The minimum absolute atomic E-state index is 0.0983. The van der Waals surface area contributed by atoms with E-state index in [0.717, 1.165) is 38.3 Å². The Balaban J connectivity index is 1.43. The van der Waals surface area contributed by atoms with E-state index in [-0.39, 0.29) is 23.3 Å². The number of rotatable bonds is 8. The number of aliphatic hydroxyl groups is 1. The van der Waals surface area contributed by atoms with E-state index in [4.69, 9.17) is 4.74 Å². The molecule has 4 nitrogen and oxygen atoms in total. The van der Waals surface area contributed by atoms with Gasteiger partial charge in [-0.2, -0.15) is 0 Å². The fourth-order valence-corrected chi connectivity index (χ4v) is 4.85. The Morgan fingerprint density at radius 1 is 0.938 bits per heavy atom. The summed E-state index contributed by atoms with van der Waals surface area (Å²) in [6, 6.07) is 15.2. The van der Waals surface area contributed by atoms with Crippen LogP contribution in [0, 0.1) is 11.2 Å². The van der Waals surface area contributed by atoms with E-state index in [2.05, 4.69) is 56.6 Å². The van der Waals surface area contributed by atoms with Gasteiger partial charge < -0.3 is 14.7 Å². The van der Waals surface area contributed by atoms with Gasteiger partial charge in [-0.15, -0.1) is 0 Å². The van der Waals surface area contributed by atoms with Gasteiger partial charge in [-0.25, -0.2) is 4.39 Å². The van der Waals surface area contributed by atoms with E-state index in [9.17, 15) is 9.50 Å². The topological polar surface area (TPSA) is 35.9 Å². The van der Waals surface area contributed by atoms with Crippen molar-refractivity contribution in [1.29, 1.82) is 0 Å². The van der Waals surface area contributed by atoms with Gasteiger partial charge >= 0.3 is 0 Å². The third-order valence-corrected chi connectivity index (χ3v) is 6.08. The molecule has 3 rings (SSSR count). The standard InChI is InChI=1S/C27H39FN2O2/c1-26(2,3)20-27(4,5)21-10-12-23(13-11-21)32-19-22(31)18-29-14-16-30(17-15-29)25-9-7-6-8-24(25)28/h6-13,22,31H,14-20H2,1-5H3/t22-/m1/s1. The minimum atomic E-state index is -0.563. The second kappa shape index (κ2) is 10.2. The van der Waals surface area contributed by atoms with Crippen LogP contribution in [0.3, 0.4) is 0 Å². The fourth-order valence-electron chi connectivity index (χ4n) is 4.85. The van der Waals surface area contributed by atoms with Crippen LogP contribution in [0.25, 0.3) is 0 Å². The highest BCUT2D eigenvalue weighted by Gasteiger charge is 2.27. The highest BCUT2D eigenvalue weighted by atomic mass is 19.1. The number of ether oxygens (including phenoxy) is 1. The molecule has 176 valence electrons. The summed E-state index contributed by atoms with van der Waals surface area (Å²) in [6.45, 7) is 15.3. The van der Waals surface area contributed by atoms with Crippen LogP contribution in [0.5, 0.6) is 5.75 Å². The van der Waals surface area contributed by atoms with E-state index in [1.807, 2.05) is 24.3 Å². The van der Waals surface area contributed by atoms with Gasteiger partial charge in [0.05, 0.1) is 5.69 Å². The zero-order valence-electron chi connectivity index (χ0n) is 20.3. The molecule has 1 N–H and O–H groups in total. The van der Waals surface area contributed by atoms with E-state index >= 15 is 0 Å². The number of hydrogen-bond acceptors (Lipinski definition) is 4. The monoisotopic (exact) mass is 442 g/mol. The summed E-state index contributed by atoms with van der Waals surface area (Å²) >= 11 is 0. The van der Waals surface area contributed by atoms with Crippen LogP contribution in [0.2, 0.25) is 0 Å². The van der Waals surface area contributed by atoms with Crippen molar-refractivity contribution in [3.63, 3.8) is 0 Å². The summed E-state index contributed by atoms with van der Waals surface area (Å²) < 4.78 is 19.8. The van der Waals surface area contributed by atoms with Crippen molar-refractivity contribution >= 4 is 5.69 Å². The molecule has 1 aliphatic rings. The molecular weight excluding hydrogens is 403 g/mol. The van der Waals surface area contributed by atoms with Crippen molar-refractivity contribution in [2.45, 2.75) is 52.6 Å². The fraction of sp³-hybridized carbons (Fsp3) is 0.556. The number of β-amino-alcohol motifs (C(OH)–C–C–N with tert-alkyl or cyclic N) is 1. The van der Waals surface area contributed by atoms with Crippen molar-refractivity contribution in [2.24, 2.45) is 5.41 Å².